The van der Waals surface area contributed by atoms with E-state index >= 15 is 0 Å². The van der Waals surface area contributed by atoms with Gasteiger partial charge in [-0.3, -0.25) is 9.35 Å². The molecule has 4 fully saturated rings. The number of hydrogen-bond acceptors (Lipinski definition) is 4. The van der Waals surface area contributed by atoms with Gasteiger partial charge in [0.25, 0.3) is 10.1 Å². The average molecular weight is 286 g/mol. The molecule has 0 heterocycles. The highest BCUT2D eigenvalue weighted by Crippen LogP contribution is 2.84. The first-order chi connectivity index (χ1) is 8.86. The van der Waals surface area contributed by atoms with Crippen LogP contribution in [0.3, 0.4) is 0 Å². The number of carbonyl (C=O) groups is 1. The molecule has 2 atom stereocenters. The molecule has 5 nitrogen and oxygen atoms in total. The van der Waals surface area contributed by atoms with Crippen molar-refractivity contribution in [2.75, 3.05) is 12.4 Å². The maximum Gasteiger partial charge on any atom is 0.312 e. The molecule has 4 rings (SSSR count). The predicted octanol–water partition coefficient (Wildman–Crippen LogP) is 1.24. The molecule has 2 unspecified atom stereocenters. The molecule has 0 amide bonds. The second-order valence-corrected chi connectivity index (χ2v) is 8.53. The fraction of sp³-hybridized carbons (Fsp3) is 0.923. The minimum absolute atomic E-state index is 0.229. The molecule has 2 bridgehead atoms. The van der Waals surface area contributed by atoms with Gasteiger partial charge in [-0.2, -0.15) is 8.42 Å². The van der Waals surface area contributed by atoms with Gasteiger partial charge in [-0.05, 0) is 55.3 Å². The Morgan fingerprint density at radius 3 is 2.32 bits per heavy atom. The molecule has 0 radical (unpaired) electrons. The van der Waals surface area contributed by atoms with Gasteiger partial charge in [0.2, 0.25) is 0 Å². The van der Waals surface area contributed by atoms with Crippen molar-refractivity contribution in [3.63, 3.8) is 0 Å². The first-order valence-electron chi connectivity index (χ1n) is 6.98. The SMILES string of the molecule is O=C(OCCS(=O)(=O)O)C12CC3CC4CC(C1)C43C2. The Morgan fingerprint density at radius 1 is 1.21 bits per heavy atom. The van der Waals surface area contributed by atoms with Crippen LogP contribution in [-0.4, -0.2) is 31.3 Å². The van der Waals surface area contributed by atoms with Gasteiger partial charge >= 0.3 is 5.97 Å². The summed E-state index contributed by atoms with van der Waals surface area (Å²) in [6.07, 6.45) is 5.38. The van der Waals surface area contributed by atoms with Crippen LogP contribution in [0.1, 0.15) is 32.1 Å². The smallest absolute Gasteiger partial charge is 0.312 e. The zero-order valence-corrected chi connectivity index (χ0v) is 11.5. The van der Waals surface area contributed by atoms with Gasteiger partial charge in [0, 0.05) is 0 Å². The summed E-state index contributed by atoms with van der Waals surface area (Å²) in [4.78, 5) is 12.3. The number of fused-ring (bicyclic) bond motifs is 1. The highest BCUT2D eigenvalue weighted by Gasteiger charge is 2.79. The molecule has 0 aromatic rings. The minimum Gasteiger partial charge on any atom is -0.464 e. The van der Waals surface area contributed by atoms with Crippen LogP contribution in [0.25, 0.3) is 0 Å². The van der Waals surface area contributed by atoms with E-state index < -0.39 is 15.9 Å². The third kappa shape index (κ3) is 1.39. The van der Waals surface area contributed by atoms with Crippen molar-refractivity contribution in [3.8, 4) is 0 Å². The monoisotopic (exact) mass is 286 g/mol. The second-order valence-electron chi connectivity index (χ2n) is 6.96. The van der Waals surface area contributed by atoms with Gasteiger partial charge in [0.05, 0.1) is 5.41 Å². The van der Waals surface area contributed by atoms with Crippen LogP contribution in [0.2, 0.25) is 0 Å². The standard InChI is InChI=1S/C13H18O5S/c14-11(18-1-2-19(15,16)17)12-5-9-3-8-4-10(6-12)13(8,9)7-12/h8-10H,1-7H2,(H,15,16,17). The van der Waals surface area contributed by atoms with Crippen LogP contribution in [-0.2, 0) is 19.6 Å². The zero-order chi connectivity index (χ0) is 13.5. The van der Waals surface area contributed by atoms with Crippen molar-refractivity contribution in [1.82, 2.24) is 0 Å². The largest absolute Gasteiger partial charge is 0.464 e. The van der Waals surface area contributed by atoms with Gasteiger partial charge in [-0.1, -0.05) is 0 Å². The van der Waals surface area contributed by atoms with Crippen LogP contribution < -0.4 is 0 Å². The Balaban J connectivity index is 1.44. The Bertz CT molecular complexity index is 535. The van der Waals surface area contributed by atoms with Gasteiger partial charge in [-0.25, -0.2) is 0 Å². The van der Waals surface area contributed by atoms with Crippen molar-refractivity contribution in [2.24, 2.45) is 28.6 Å². The van der Waals surface area contributed by atoms with Crippen LogP contribution in [0.5, 0.6) is 0 Å². The summed E-state index contributed by atoms with van der Waals surface area (Å²) >= 11 is 0. The number of hydrogen-bond donors (Lipinski definition) is 1. The molecular formula is C13H18O5S. The van der Waals surface area contributed by atoms with Crippen molar-refractivity contribution >= 4 is 16.1 Å². The molecule has 1 spiro atoms. The highest BCUT2D eigenvalue weighted by molar-refractivity contribution is 7.85. The number of esters is 1. The summed E-state index contributed by atoms with van der Waals surface area (Å²) in [5, 5.41) is 0. The van der Waals surface area contributed by atoms with Crippen molar-refractivity contribution in [1.29, 1.82) is 0 Å². The van der Waals surface area contributed by atoms with Crippen LogP contribution in [0.15, 0.2) is 0 Å². The molecule has 1 N–H and O–H groups in total. The number of ether oxygens (including phenoxy) is 1. The summed E-state index contributed by atoms with van der Waals surface area (Å²) in [5.74, 6) is 1.53. The number of carbonyl (C=O) groups excluding carboxylic acids is 1. The van der Waals surface area contributed by atoms with E-state index in [0.29, 0.717) is 17.3 Å². The fourth-order valence-electron chi connectivity index (χ4n) is 5.71. The van der Waals surface area contributed by atoms with E-state index in [1.807, 2.05) is 0 Å². The minimum atomic E-state index is -4.05. The molecule has 0 saturated heterocycles. The third-order valence-corrected chi connectivity index (χ3v) is 7.03. The van der Waals surface area contributed by atoms with Gasteiger partial charge in [0.15, 0.2) is 0 Å². The first-order valence-corrected chi connectivity index (χ1v) is 8.59. The van der Waals surface area contributed by atoms with Crippen molar-refractivity contribution < 1.29 is 22.5 Å². The normalized spacial score (nSPS) is 49.2. The highest BCUT2D eigenvalue weighted by atomic mass is 32.2. The zero-order valence-electron chi connectivity index (χ0n) is 10.7. The summed E-state index contributed by atoms with van der Waals surface area (Å²) < 4.78 is 35.0. The Hall–Kier alpha value is -0.620. The quantitative estimate of drug-likeness (QED) is 0.621. The Morgan fingerprint density at radius 2 is 1.84 bits per heavy atom. The lowest BCUT2D eigenvalue weighted by molar-refractivity contribution is -0.181. The Kier molecular flexibility index (Phi) is 2.13. The molecule has 106 valence electrons. The molecule has 19 heavy (non-hydrogen) atoms. The van der Waals surface area contributed by atoms with Gasteiger partial charge < -0.3 is 4.74 Å². The summed E-state index contributed by atoms with van der Waals surface area (Å²) in [5.41, 5.74) is 0.127. The molecule has 4 aliphatic rings. The molecule has 6 heteroatoms. The summed E-state index contributed by atoms with van der Waals surface area (Å²) in [6.45, 7) is -0.231. The van der Waals surface area contributed by atoms with Crippen molar-refractivity contribution in [3.05, 3.63) is 0 Å². The summed E-state index contributed by atoms with van der Waals surface area (Å²) in [7, 11) is -4.05. The molecule has 0 aromatic carbocycles. The van der Waals surface area contributed by atoms with Crippen LogP contribution >= 0.6 is 0 Å². The van der Waals surface area contributed by atoms with Crippen molar-refractivity contribution in [2.45, 2.75) is 32.1 Å². The molecule has 4 aliphatic carbocycles. The van der Waals surface area contributed by atoms with Gasteiger partial charge in [-0.15, -0.1) is 0 Å². The van der Waals surface area contributed by atoms with Crippen LogP contribution in [0, 0.1) is 28.6 Å². The van der Waals surface area contributed by atoms with Crippen LogP contribution in [0.4, 0.5) is 0 Å². The van der Waals surface area contributed by atoms with E-state index in [0.717, 1.165) is 25.2 Å². The summed E-state index contributed by atoms with van der Waals surface area (Å²) in [6, 6.07) is 0. The van der Waals surface area contributed by atoms with E-state index in [1.54, 1.807) is 0 Å². The van der Waals surface area contributed by atoms with E-state index in [9.17, 15) is 13.2 Å². The molecule has 4 saturated carbocycles. The number of rotatable bonds is 4. The first kappa shape index (κ1) is 12.1. The Labute approximate surface area is 112 Å². The third-order valence-electron chi connectivity index (χ3n) is 6.34. The van der Waals surface area contributed by atoms with E-state index in [4.69, 9.17) is 9.29 Å². The molecule has 0 aromatic heterocycles. The lowest BCUT2D eigenvalue weighted by Gasteiger charge is -2.66. The maximum absolute atomic E-state index is 12.3. The predicted molar refractivity (Wildman–Crippen MR) is 65.8 cm³/mol. The maximum atomic E-state index is 12.3. The fourth-order valence-corrected chi connectivity index (χ4v) is 6.00. The molecule has 0 aliphatic heterocycles. The topological polar surface area (TPSA) is 80.7 Å². The van der Waals surface area contributed by atoms with E-state index in [2.05, 4.69) is 0 Å². The molecular weight excluding hydrogens is 268 g/mol. The van der Waals surface area contributed by atoms with E-state index in [-0.39, 0.29) is 18.0 Å². The van der Waals surface area contributed by atoms with E-state index in [1.165, 1.54) is 12.8 Å². The average Bonchev–Trinajstić information content (AvgIpc) is 2.73. The lowest BCUT2D eigenvalue weighted by Crippen LogP contribution is -2.59. The lowest BCUT2D eigenvalue weighted by atomic mass is 9.38. The second kappa shape index (κ2) is 3.34. The van der Waals surface area contributed by atoms with Gasteiger partial charge in [0.1, 0.15) is 12.4 Å².